The van der Waals surface area contributed by atoms with E-state index in [2.05, 4.69) is 47.7 Å². The summed E-state index contributed by atoms with van der Waals surface area (Å²) in [4.78, 5) is 3.10. The number of H-pyrrole nitrogens is 1. The van der Waals surface area contributed by atoms with Gasteiger partial charge >= 0.3 is 0 Å². The van der Waals surface area contributed by atoms with E-state index in [0.717, 1.165) is 11.2 Å². The normalized spacial score (nSPS) is 12.6. The molecule has 0 aliphatic rings. The van der Waals surface area contributed by atoms with Crippen molar-refractivity contribution >= 4 is 12.2 Å². The summed E-state index contributed by atoms with van der Waals surface area (Å²) in [6.07, 6.45) is 3.00. The van der Waals surface area contributed by atoms with Crippen LogP contribution in [0.1, 0.15) is 30.6 Å². The molecule has 2 aromatic rings. The van der Waals surface area contributed by atoms with Gasteiger partial charge in [0.2, 0.25) is 0 Å². The van der Waals surface area contributed by atoms with Gasteiger partial charge in [0.05, 0.1) is 6.04 Å². The van der Waals surface area contributed by atoms with Crippen molar-refractivity contribution in [2.24, 2.45) is 0 Å². The van der Waals surface area contributed by atoms with Crippen LogP contribution in [-0.2, 0) is 0 Å². The van der Waals surface area contributed by atoms with E-state index in [0.29, 0.717) is 6.04 Å². The summed E-state index contributed by atoms with van der Waals surface area (Å²) in [5.74, 6) is 0. The van der Waals surface area contributed by atoms with Crippen LogP contribution in [0, 0.1) is 11.7 Å². The van der Waals surface area contributed by atoms with Gasteiger partial charge in [-0.15, -0.1) is 0 Å². The lowest BCUT2D eigenvalue weighted by Crippen LogP contribution is -2.11. The van der Waals surface area contributed by atoms with Gasteiger partial charge in [-0.3, -0.25) is 0 Å². The summed E-state index contributed by atoms with van der Waals surface area (Å²) in [6, 6.07) is 10.8. The number of aryl methyl sites for hydroxylation is 1. The molecule has 1 heterocycles. The average molecular weight is 232 g/mol. The van der Waals surface area contributed by atoms with Crippen LogP contribution in [0.3, 0.4) is 0 Å². The SMILES string of the molecule is CCC(c1ccccc1)n1c(C)c[nH]c1=S. The molecule has 0 saturated heterocycles. The zero-order valence-electron chi connectivity index (χ0n) is 9.60. The maximum atomic E-state index is 5.32. The first kappa shape index (κ1) is 11.1. The van der Waals surface area contributed by atoms with Crippen LogP contribution >= 0.6 is 12.2 Å². The van der Waals surface area contributed by atoms with Crippen LogP contribution in [0.2, 0.25) is 0 Å². The van der Waals surface area contributed by atoms with Crippen molar-refractivity contribution in [1.29, 1.82) is 0 Å². The van der Waals surface area contributed by atoms with E-state index < -0.39 is 0 Å². The number of imidazole rings is 1. The molecular formula is C13H16N2S. The van der Waals surface area contributed by atoms with E-state index in [-0.39, 0.29) is 0 Å². The summed E-state index contributed by atoms with van der Waals surface area (Å²) in [5, 5.41) is 0. The Kier molecular flexibility index (Phi) is 3.25. The van der Waals surface area contributed by atoms with Crippen LogP contribution < -0.4 is 0 Å². The molecule has 0 saturated carbocycles. The number of hydrogen-bond donors (Lipinski definition) is 1. The molecular weight excluding hydrogens is 216 g/mol. The van der Waals surface area contributed by atoms with Crippen molar-refractivity contribution in [3.63, 3.8) is 0 Å². The van der Waals surface area contributed by atoms with Crippen molar-refractivity contribution < 1.29 is 0 Å². The number of rotatable bonds is 3. The van der Waals surface area contributed by atoms with E-state index in [1.54, 1.807) is 0 Å². The fourth-order valence-electron chi connectivity index (χ4n) is 2.10. The van der Waals surface area contributed by atoms with Crippen LogP contribution in [0.4, 0.5) is 0 Å². The number of hydrogen-bond acceptors (Lipinski definition) is 1. The van der Waals surface area contributed by atoms with Gasteiger partial charge in [-0.2, -0.15) is 0 Å². The van der Waals surface area contributed by atoms with E-state index in [4.69, 9.17) is 12.2 Å². The quantitative estimate of drug-likeness (QED) is 0.797. The molecule has 1 N–H and O–H groups in total. The summed E-state index contributed by atoms with van der Waals surface area (Å²) >= 11 is 5.32. The van der Waals surface area contributed by atoms with Crippen molar-refractivity contribution in [3.8, 4) is 0 Å². The van der Waals surface area contributed by atoms with Gasteiger partial charge in [0.15, 0.2) is 4.77 Å². The molecule has 1 atom stereocenters. The minimum Gasteiger partial charge on any atom is -0.337 e. The lowest BCUT2D eigenvalue weighted by atomic mass is 10.0. The Morgan fingerprint density at radius 1 is 1.31 bits per heavy atom. The van der Waals surface area contributed by atoms with Crippen molar-refractivity contribution in [1.82, 2.24) is 9.55 Å². The molecule has 1 unspecified atom stereocenters. The maximum Gasteiger partial charge on any atom is 0.177 e. The second kappa shape index (κ2) is 4.66. The summed E-state index contributed by atoms with van der Waals surface area (Å²) < 4.78 is 2.98. The fraction of sp³-hybridized carbons (Fsp3) is 0.308. The summed E-state index contributed by atoms with van der Waals surface area (Å²) in [7, 11) is 0. The van der Waals surface area contributed by atoms with Crippen LogP contribution in [-0.4, -0.2) is 9.55 Å². The molecule has 1 aromatic carbocycles. The molecule has 0 spiro atoms. The van der Waals surface area contributed by atoms with Gasteiger partial charge < -0.3 is 9.55 Å². The Labute approximate surface area is 101 Å². The van der Waals surface area contributed by atoms with Crippen LogP contribution in [0.5, 0.6) is 0 Å². The fourth-order valence-corrected chi connectivity index (χ4v) is 2.43. The van der Waals surface area contributed by atoms with Gasteiger partial charge in [-0.25, -0.2) is 0 Å². The maximum absolute atomic E-state index is 5.32. The van der Waals surface area contributed by atoms with Gasteiger partial charge in [0.25, 0.3) is 0 Å². The molecule has 0 amide bonds. The molecule has 0 aliphatic heterocycles. The first-order valence-electron chi connectivity index (χ1n) is 5.55. The Morgan fingerprint density at radius 3 is 2.50 bits per heavy atom. The minimum absolute atomic E-state index is 0.333. The number of nitrogens with one attached hydrogen (secondary N) is 1. The van der Waals surface area contributed by atoms with E-state index >= 15 is 0 Å². The summed E-state index contributed by atoms with van der Waals surface area (Å²) in [6.45, 7) is 4.27. The smallest absolute Gasteiger partial charge is 0.177 e. The number of aromatic amines is 1. The Balaban J connectivity index is 2.49. The zero-order valence-corrected chi connectivity index (χ0v) is 10.4. The number of benzene rings is 1. The highest BCUT2D eigenvalue weighted by Gasteiger charge is 2.13. The van der Waals surface area contributed by atoms with Gasteiger partial charge in [0.1, 0.15) is 0 Å². The number of nitrogens with zero attached hydrogens (tertiary/aromatic N) is 1. The van der Waals surface area contributed by atoms with Crippen molar-refractivity contribution in [2.45, 2.75) is 26.3 Å². The predicted molar refractivity (Wildman–Crippen MR) is 69.2 cm³/mol. The molecule has 16 heavy (non-hydrogen) atoms. The Bertz CT molecular complexity index is 510. The molecule has 84 valence electrons. The highest BCUT2D eigenvalue weighted by atomic mass is 32.1. The molecule has 0 fully saturated rings. The molecule has 0 aliphatic carbocycles. The third-order valence-corrected chi connectivity index (χ3v) is 3.20. The van der Waals surface area contributed by atoms with Crippen LogP contribution in [0.25, 0.3) is 0 Å². The third kappa shape index (κ3) is 1.95. The van der Waals surface area contributed by atoms with Gasteiger partial charge in [-0.1, -0.05) is 37.3 Å². The van der Waals surface area contributed by atoms with Crippen molar-refractivity contribution in [3.05, 3.63) is 52.6 Å². The standard InChI is InChI=1S/C13H16N2S/c1-3-12(11-7-5-4-6-8-11)15-10(2)9-14-13(15)16/h4-9,12H,3H2,1-2H3,(H,14,16). The monoisotopic (exact) mass is 232 g/mol. The average Bonchev–Trinajstić information content (AvgIpc) is 2.63. The lowest BCUT2D eigenvalue weighted by molar-refractivity contribution is 0.548. The van der Waals surface area contributed by atoms with E-state index in [1.165, 1.54) is 11.3 Å². The Hall–Kier alpha value is -1.35. The van der Waals surface area contributed by atoms with Crippen molar-refractivity contribution in [2.75, 3.05) is 0 Å². The predicted octanol–water partition coefficient (Wildman–Crippen LogP) is 3.85. The highest BCUT2D eigenvalue weighted by molar-refractivity contribution is 7.71. The first-order chi connectivity index (χ1) is 7.74. The molecule has 2 rings (SSSR count). The van der Waals surface area contributed by atoms with Gasteiger partial charge in [-0.05, 0) is 31.1 Å². The highest BCUT2D eigenvalue weighted by Crippen LogP contribution is 2.23. The minimum atomic E-state index is 0.333. The number of aromatic nitrogens is 2. The lowest BCUT2D eigenvalue weighted by Gasteiger charge is -2.18. The summed E-state index contributed by atoms with van der Waals surface area (Å²) in [5.41, 5.74) is 2.49. The third-order valence-electron chi connectivity index (χ3n) is 2.89. The topological polar surface area (TPSA) is 20.7 Å². The second-order valence-electron chi connectivity index (χ2n) is 3.94. The molecule has 1 aromatic heterocycles. The zero-order chi connectivity index (χ0) is 11.5. The van der Waals surface area contributed by atoms with Gasteiger partial charge in [0, 0.05) is 11.9 Å². The largest absolute Gasteiger partial charge is 0.337 e. The molecule has 0 bridgehead atoms. The second-order valence-corrected chi connectivity index (χ2v) is 4.33. The van der Waals surface area contributed by atoms with Crippen LogP contribution in [0.15, 0.2) is 36.5 Å². The van der Waals surface area contributed by atoms with E-state index in [9.17, 15) is 0 Å². The molecule has 0 radical (unpaired) electrons. The molecule has 2 nitrogen and oxygen atoms in total. The Morgan fingerprint density at radius 2 is 2.00 bits per heavy atom. The first-order valence-corrected chi connectivity index (χ1v) is 5.96. The van der Waals surface area contributed by atoms with E-state index in [1.807, 2.05) is 12.3 Å². The molecule has 3 heteroatoms.